The van der Waals surface area contributed by atoms with E-state index in [9.17, 15) is 4.79 Å². The maximum Gasteiger partial charge on any atom is 0.277 e. The predicted octanol–water partition coefficient (Wildman–Crippen LogP) is 2.61. The Morgan fingerprint density at radius 1 is 1.05 bits per heavy atom. The molecule has 3 rings (SSSR count). The van der Waals surface area contributed by atoms with Crippen molar-refractivity contribution in [3.8, 4) is 17.0 Å². The SMILES string of the molecule is COc1ccc(-c2nc3ccccc3n(C)c2=O)cc1. The van der Waals surface area contributed by atoms with Gasteiger partial charge in [0, 0.05) is 12.6 Å². The number of aryl methyl sites for hydroxylation is 1. The van der Waals surface area contributed by atoms with E-state index in [1.54, 1.807) is 18.7 Å². The summed E-state index contributed by atoms with van der Waals surface area (Å²) in [5.74, 6) is 0.756. The summed E-state index contributed by atoms with van der Waals surface area (Å²) in [6, 6.07) is 14.9. The van der Waals surface area contributed by atoms with Crippen LogP contribution in [0.4, 0.5) is 0 Å². The van der Waals surface area contributed by atoms with Crippen molar-refractivity contribution in [3.63, 3.8) is 0 Å². The third kappa shape index (κ3) is 1.95. The molecule has 4 nitrogen and oxygen atoms in total. The molecule has 0 atom stereocenters. The van der Waals surface area contributed by atoms with Gasteiger partial charge in [-0.2, -0.15) is 0 Å². The molecular weight excluding hydrogens is 252 g/mol. The van der Waals surface area contributed by atoms with Gasteiger partial charge in [-0.1, -0.05) is 12.1 Å². The second-order valence-corrected chi connectivity index (χ2v) is 4.54. The van der Waals surface area contributed by atoms with Gasteiger partial charge in [0.05, 0.1) is 18.1 Å². The Kier molecular flexibility index (Phi) is 2.99. The van der Waals surface area contributed by atoms with Crippen molar-refractivity contribution in [3.05, 3.63) is 58.9 Å². The Morgan fingerprint density at radius 3 is 2.45 bits per heavy atom. The van der Waals surface area contributed by atoms with Gasteiger partial charge in [-0.3, -0.25) is 4.79 Å². The number of para-hydroxylation sites is 2. The number of rotatable bonds is 2. The van der Waals surface area contributed by atoms with Crippen LogP contribution in [0.2, 0.25) is 0 Å². The molecular formula is C16H14N2O2. The van der Waals surface area contributed by atoms with Crippen LogP contribution < -0.4 is 10.3 Å². The molecule has 4 heteroatoms. The molecule has 1 aromatic heterocycles. The molecule has 0 amide bonds. The molecule has 0 saturated heterocycles. The van der Waals surface area contributed by atoms with E-state index in [1.807, 2.05) is 48.5 Å². The maximum atomic E-state index is 12.4. The summed E-state index contributed by atoms with van der Waals surface area (Å²) in [5.41, 5.74) is 2.77. The lowest BCUT2D eigenvalue weighted by atomic mass is 10.1. The molecule has 0 aliphatic carbocycles. The summed E-state index contributed by atoms with van der Waals surface area (Å²) in [6.07, 6.45) is 0. The maximum absolute atomic E-state index is 12.4. The van der Waals surface area contributed by atoms with Gasteiger partial charge in [-0.05, 0) is 36.4 Å². The fourth-order valence-electron chi connectivity index (χ4n) is 2.22. The van der Waals surface area contributed by atoms with Crippen molar-refractivity contribution >= 4 is 11.0 Å². The fourth-order valence-corrected chi connectivity index (χ4v) is 2.22. The predicted molar refractivity (Wildman–Crippen MR) is 79.0 cm³/mol. The Morgan fingerprint density at radius 2 is 1.75 bits per heavy atom. The lowest BCUT2D eigenvalue weighted by Gasteiger charge is -2.08. The van der Waals surface area contributed by atoms with E-state index in [4.69, 9.17) is 4.74 Å². The van der Waals surface area contributed by atoms with Crippen molar-refractivity contribution < 1.29 is 4.74 Å². The number of fused-ring (bicyclic) bond motifs is 1. The zero-order valence-electron chi connectivity index (χ0n) is 11.3. The molecule has 100 valence electrons. The van der Waals surface area contributed by atoms with Crippen molar-refractivity contribution in [2.24, 2.45) is 7.05 Å². The molecule has 3 aromatic rings. The number of hydrogen-bond acceptors (Lipinski definition) is 3. The summed E-state index contributed by atoms with van der Waals surface area (Å²) < 4.78 is 6.75. The summed E-state index contributed by atoms with van der Waals surface area (Å²) in [4.78, 5) is 16.9. The average Bonchev–Trinajstić information content (AvgIpc) is 2.51. The molecule has 0 saturated carbocycles. The van der Waals surface area contributed by atoms with E-state index in [2.05, 4.69) is 4.98 Å². The molecule has 0 fully saturated rings. The Bertz CT molecular complexity index is 820. The third-order valence-electron chi connectivity index (χ3n) is 3.35. The zero-order valence-corrected chi connectivity index (χ0v) is 11.3. The molecule has 20 heavy (non-hydrogen) atoms. The first-order valence-electron chi connectivity index (χ1n) is 6.31. The van der Waals surface area contributed by atoms with E-state index in [0.29, 0.717) is 5.69 Å². The first kappa shape index (κ1) is 12.4. The van der Waals surface area contributed by atoms with Crippen LogP contribution in [0, 0.1) is 0 Å². The minimum Gasteiger partial charge on any atom is -0.497 e. The minimum absolute atomic E-state index is 0.103. The quantitative estimate of drug-likeness (QED) is 0.716. The highest BCUT2D eigenvalue weighted by atomic mass is 16.5. The summed E-state index contributed by atoms with van der Waals surface area (Å²) in [5, 5.41) is 0. The van der Waals surface area contributed by atoms with Crippen molar-refractivity contribution in [2.45, 2.75) is 0 Å². The summed E-state index contributed by atoms with van der Waals surface area (Å²) >= 11 is 0. The highest BCUT2D eigenvalue weighted by Gasteiger charge is 2.10. The second-order valence-electron chi connectivity index (χ2n) is 4.54. The van der Waals surface area contributed by atoms with Gasteiger partial charge < -0.3 is 9.30 Å². The van der Waals surface area contributed by atoms with E-state index >= 15 is 0 Å². The number of hydrogen-bond donors (Lipinski definition) is 0. The van der Waals surface area contributed by atoms with Crippen LogP contribution in [0.1, 0.15) is 0 Å². The van der Waals surface area contributed by atoms with E-state index in [0.717, 1.165) is 22.3 Å². The molecule has 0 aliphatic rings. The van der Waals surface area contributed by atoms with Gasteiger partial charge in [-0.15, -0.1) is 0 Å². The van der Waals surface area contributed by atoms with Crippen LogP contribution in [-0.2, 0) is 7.05 Å². The first-order chi connectivity index (χ1) is 9.70. The molecule has 0 bridgehead atoms. The van der Waals surface area contributed by atoms with Gasteiger partial charge in [-0.25, -0.2) is 4.98 Å². The molecule has 0 unspecified atom stereocenters. The Balaban J connectivity index is 2.25. The monoisotopic (exact) mass is 266 g/mol. The van der Waals surface area contributed by atoms with Crippen LogP contribution in [0.15, 0.2) is 53.3 Å². The van der Waals surface area contributed by atoms with Crippen molar-refractivity contribution in [1.82, 2.24) is 9.55 Å². The number of aromatic nitrogens is 2. The highest BCUT2D eigenvalue weighted by Crippen LogP contribution is 2.20. The summed E-state index contributed by atoms with van der Waals surface area (Å²) in [7, 11) is 3.38. The van der Waals surface area contributed by atoms with Crippen LogP contribution in [0.25, 0.3) is 22.3 Å². The first-order valence-corrected chi connectivity index (χ1v) is 6.31. The van der Waals surface area contributed by atoms with E-state index in [-0.39, 0.29) is 5.56 Å². The Labute approximate surface area is 116 Å². The molecule has 2 aromatic carbocycles. The average molecular weight is 266 g/mol. The molecule has 0 aliphatic heterocycles. The van der Waals surface area contributed by atoms with Gasteiger partial charge >= 0.3 is 0 Å². The van der Waals surface area contributed by atoms with E-state index < -0.39 is 0 Å². The van der Waals surface area contributed by atoms with Crippen LogP contribution in [-0.4, -0.2) is 16.7 Å². The zero-order chi connectivity index (χ0) is 14.1. The van der Waals surface area contributed by atoms with Crippen molar-refractivity contribution in [2.75, 3.05) is 7.11 Å². The van der Waals surface area contributed by atoms with E-state index in [1.165, 1.54) is 0 Å². The molecule has 0 spiro atoms. The second kappa shape index (κ2) is 4.81. The smallest absolute Gasteiger partial charge is 0.277 e. The van der Waals surface area contributed by atoms with Crippen LogP contribution in [0.5, 0.6) is 5.75 Å². The normalized spacial score (nSPS) is 10.7. The number of nitrogens with zero attached hydrogens (tertiary/aromatic N) is 2. The van der Waals surface area contributed by atoms with Gasteiger partial charge in [0.15, 0.2) is 0 Å². The van der Waals surface area contributed by atoms with Crippen LogP contribution >= 0.6 is 0 Å². The van der Waals surface area contributed by atoms with Gasteiger partial charge in [0.2, 0.25) is 0 Å². The number of benzene rings is 2. The molecule has 0 radical (unpaired) electrons. The number of ether oxygens (including phenoxy) is 1. The lowest BCUT2D eigenvalue weighted by Crippen LogP contribution is -2.20. The largest absolute Gasteiger partial charge is 0.497 e. The van der Waals surface area contributed by atoms with Gasteiger partial charge in [0.25, 0.3) is 5.56 Å². The summed E-state index contributed by atoms with van der Waals surface area (Å²) in [6.45, 7) is 0. The molecule has 1 heterocycles. The number of methoxy groups -OCH3 is 1. The fraction of sp³-hybridized carbons (Fsp3) is 0.125. The van der Waals surface area contributed by atoms with Crippen LogP contribution in [0.3, 0.4) is 0 Å². The minimum atomic E-state index is -0.103. The Hall–Kier alpha value is -2.62. The highest BCUT2D eigenvalue weighted by molar-refractivity contribution is 5.77. The lowest BCUT2D eigenvalue weighted by molar-refractivity contribution is 0.415. The standard InChI is InChI=1S/C16H14N2O2/c1-18-14-6-4-3-5-13(14)17-15(16(18)19)11-7-9-12(20-2)10-8-11/h3-10H,1-2H3. The topological polar surface area (TPSA) is 44.1 Å². The molecule has 0 N–H and O–H groups in total. The van der Waals surface area contributed by atoms with Crippen molar-refractivity contribution in [1.29, 1.82) is 0 Å². The van der Waals surface area contributed by atoms with Gasteiger partial charge in [0.1, 0.15) is 11.4 Å². The third-order valence-corrected chi connectivity index (χ3v) is 3.35.